The predicted molar refractivity (Wildman–Crippen MR) is 27.3 cm³/mol. The second kappa shape index (κ2) is 5.79. The van der Waals surface area contributed by atoms with E-state index in [1.54, 1.807) is 0 Å². The van der Waals surface area contributed by atoms with Crippen LogP contribution in [0.25, 0.3) is 0 Å². The molecule has 0 aliphatic carbocycles. The Labute approximate surface area is 93.5 Å². The molecule has 2 unspecified atom stereocenters. The van der Waals surface area contributed by atoms with E-state index < -0.39 is 24.1 Å². The summed E-state index contributed by atoms with van der Waals surface area (Å²) in [4.78, 5) is 19.5. The third-order valence-corrected chi connectivity index (χ3v) is 0.805. The van der Waals surface area contributed by atoms with Crippen LogP contribution in [-0.2, 0) is 9.59 Å². The number of rotatable bonds is 3. The van der Waals surface area contributed by atoms with Gasteiger partial charge in [0.2, 0.25) is 0 Å². The van der Waals surface area contributed by atoms with Crippen molar-refractivity contribution in [3.63, 3.8) is 0 Å². The molecule has 0 rings (SSSR count). The normalized spacial score (nSPS) is 14.4. The van der Waals surface area contributed by atoms with Gasteiger partial charge in [-0.25, -0.2) is 9.59 Å². The van der Waals surface area contributed by atoms with Gasteiger partial charge < -0.3 is 20.4 Å². The van der Waals surface area contributed by atoms with E-state index in [1.807, 2.05) is 0 Å². The molecule has 0 heterocycles. The Morgan fingerprint density at radius 3 is 1.18 bits per heavy atom. The van der Waals surface area contributed by atoms with E-state index in [2.05, 4.69) is 0 Å². The second-order valence-corrected chi connectivity index (χ2v) is 1.57. The van der Waals surface area contributed by atoms with Crippen LogP contribution < -0.4 is 0 Å². The molecule has 0 saturated carbocycles. The summed E-state index contributed by atoms with van der Waals surface area (Å²) >= 11 is 0. The smallest absolute Gasteiger partial charge is 0.335 e. The van der Waals surface area contributed by atoms with Gasteiger partial charge >= 0.3 is 11.9 Å². The molecule has 62 valence electrons. The summed E-state index contributed by atoms with van der Waals surface area (Å²) in [6.45, 7) is 0. The van der Waals surface area contributed by atoms with Crippen LogP contribution in [0.4, 0.5) is 0 Å². The second-order valence-electron chi connectivity index (χ2n) is 1.57. The van der Waals surface area contributed by atoms with Crippen molar-refractivity contribution in [2.24, 2.45) is 0 Å². The van der Waals surface area contributed by atoms with E-state index in [0.717, 1.165) is 0 Å². The van der Waals surface area contributed by atoms with E-state index in [9.17, 15) is 9.59 Å². The summed E-state index contributed by atoms with van der Waals surface area (Å²) in [7, 11) is 0. The first-order chi connectivity index (χ1) is 4.46. The molecule has 11 heavy (non-hydrogen) atoms. The zero-order chi connectivity index (χ0) is 8.31. The molecule has 0 fully saturated rings. The van der Waals surface area contributed by atoms with Gasteiger partial charge in [0, 0.05) is 39.9 Å². The molecular formula is C4H6O6Th. The van der Waals surface area contributed by atoms with Crippen LogP contribution >= 0.6 is 0 Å². The number of carbonyl (C=O) groups is 2. The molecule has 0 aromatic heterocycles. The topological polar surface area (TPSA) is 115 Å². The number of carboxylic acid groups (broad SMARTS) is 2. The summed E-state index contributed by atoms with van der Waals surface area (Å²) < 4.78 is 0. The fourth-order valence-corrected chi connectivity index (χ4v) is 0.270. The number of hydrogen-bond acceptors (Lipinski definition) is 4. The Morgan fingerprint density at radius 2 is 1.09 bits per heavy atom. The molecule has 0 amide bonds. The van der Waals surface area contributed by atoms with Gasteiger partial charge in [0.15, 0.2) is 12.2 Å². The minimum atomic E-state index is -2.27. The van der Waals surface area contributed by atoms with Gasteiger partial charge in [0.05, 0.1) is 0 Å². The van der Waals surface area contributed by atoms with Crippen LogP contribution in [0, 0.1) is 39.9 Å². The molecule has 4 N–H and O–H groups in total. The molecule has 6 nitrogen and oxygen atoms in total. The van der Waals surface area contributed by atoms with Crippen LogP contribution in [0.1, 0.15) is 0 Å². The molecule has 0 aliphatic heterocycles. The minimum absolute atomic E-state index is 0. The molecule has 0 spiro atoms. The monoisotopic (exact) mass is 382 g/mol. The van der Waals surface area contributed by atoms with Crippen molar-refractivity contribution in [3.05, 3.63) is 0 Å². The SMILES string of the molecule is O=C(O)C(O)C(O)C(=O)O.[Th]. The zero-order valence-corrected chi connectivity index (χ0v) is 9.37. The molecule has 7 heteroatoms. The summed E-state index contributed by atoms with van der Waals surface area (Å²) in [6, 6.07) is 0. The number of carboxylic acids is 2. The Bertz CT molecular complexity index is 139. The molecule has 0 radical (unpaired) electrons. The molecule has 0 bridgehead atoms. The van der Waals surface area contributed by atoms with Crippen LogP contribution in [0.2, 0.25) is 0 Å². The molecule has 0 aromatic carbocycles. The van der Waals surface area contributed by atoms with Gasteiger partial charge in [0.1, 0.15) is 0 Å². The first kappa shape index (κ1) is 13.8. The number of hydrogen-bond donors (Lipinski definition) is 4. The van der Waals surface area contributed by atoms with E-state index >= 15 is 0 Å². The van der Waals surface area contributed by atoms with Crippen LogP contribution in [0.15, 0.2) is 0 Å². The molecule has 0 saturated heterocycles. The van der Waals surface area contributed by atoms with Crippen LogP contribution in [0.3, 0.4) is 0 Å². The largest absolute Gasteiger partial charge is 0.479 e. The third-order valence-electron chi connectivity index (χ3n) is 0.805. The van der Waals surface area contributed by atoms with E-state index in [4.69, 9.17) is 20.4 Å². The van der Waals surface area contributed by atoms with Crippen molar-refractivity contribution in [2.45, 2.75) is 12.2 Å². The maximum absolute atomic E-state index is 9.77. The summed E-state index contributed by atoms with van der Waals surface area (Å²) in [5.41, 5.74) is 0. The number of aliphatic hydroxyl groups is 2. The first-order valence-corrected chi connectivity index (χ1v) is 2.28. The van der Waals surface area contributed by atoms with E-state index in [-0.39, 0.29) is 39.9 Å². The van der Waals surface area contributed by atoms with E-state index in [1.165, 1.54) is 0 Å². The number of aliphatic carboxylic acids is 2. The molecule has 0 aliphatic rings. The zero-order valence-electron chi connectivity index (χ0n) is 5.26. The van der Waals surface area contributed by atoms with Crippen molar-refractivity contribution < 1.29 is 70.0 Å². The van der Waals surface area contributed by atoms with Crippen LogP contribution in [0.5, 0.6) is 0 Å². The fraction of sp³-hybridized carbons (Fsp3) is 0.500. The predicted octanol–water partition coefficient (Wildman–Crippen LogP) is -2.12. The van der Waals surface area contributed by atoms with Crippen molar-refractivity contribution in [1.29, 1.82) is 0 Å². The molecular weight excluding hydrogens is 376 g/mol. The van der Waals surface area contributed by atoms with Crippen molar-refractivity contribution >= 4 is 11.9 Å². The Morgan fingerprint density at radius 1 is 0.909 bits per heavy atom. The molecule has 2 atom stereocenters. The van der Waals surface area contributed by atoms with Crippen molar-refractivity contribution in [1.82, 2.24) is 0 Å². The average Bonchev–Trinajstić information content (AvgIpc) is 1.84. The first-order valence-electron chi connectivity index (χ1n) is 2.28. The maximum atomic E-state index is 9.77. The van der Waals surface area contributed by atoms with Gasteiger partial charge in [-0.15, -0.1) is 0 Å². The fourth-order valence-electron chi connectivity index (χ4n) is 0.270. The van der Waals surface area contributed by atoms with Crippen LogP contribution in [-0.4, -0.2) is 44.6 Å². The van der Waals surface area contributed by atoms with Gasteiger partial charge in [-0.2, -0.15) is 0 Å². The van der Waals surface area contributed by atoms with E-state index in [0.29, 0.717) is 0 Å². The summed E-state index contributed by atoms with van der Waals surface area (Å²) in [5.74, 6) is -3.54. The van der Waals surface area contributed by atoms with Gasteiger partial charge in [-0.05, 0) is 0 Å². The molecule has 0 aromatic rings. The van der Waals surface area contributed by atoms with Gasteiger partial charge in [-0.1, -0.05) is 0 Å². The minimum Gasteiger partial charge on any atom is -0.479 e. The summed E-state index contributed by atoms with van der Waals surface area (Å²) in [5, 5.41) is 32.5. The van der Waals surface area contributed by atoms with Crippen molar-refractivity contribution in [2.75, 3.05) is 0 Å². The summed E-state index contributed by atoms with van der Waals surface area (Å²) in [6.07, 6.45) is -4.53. The van der Waals surface area contributed by atoms with Crippen molar-refractivity contribution in [3.8, 4) is 0 Å². The third kappa shape index (κ3) is 4.60. The Hall–Kier alpha value is 0.185. The Balaban J connectivity index is 0. The van der Waals surface area contributed by atoms with Gasteiger partial charge in [0.25, 0.3) is 0 Å². The quantitative estimate of drug-likeness (QED) is 0.444. The standard InChI is InChI=1S/C4H6O6.Th/c5-1(3(7)8)2(6)4(9)10;/h1-2,5-6H,(H,7,8)(H,9,10);. The maximum Gasteiger partial charge on any atom is 0.335 e. The number of aliphatic hydroxyl groups excluding tert-OH is 2. The van der Waals surface area contributed by atoms with Gasteiger partial charge in [-0.3, -0.25) is 0 Å². The average molecular weight is 382 g/mol. The Kier molecular flexibility index (Phi) is 7.24.